The van der Waals surface area contributed by atoms with Gasteiger partial charge in [-0.3, -0.25) is 5.43 Å². The largest absolute Gasteiger partial charge is 0.529 e. The fourth-order valence-electron chi connectivity index (χ4n) is 0.153. The van der Waals surface area contributed by atoms with Crippen LogP contribution in [-0.4, -0.2) is 19.3 Å². The van der Waals surface area contributed by atoms with Crippen LogP contribution in [0.4, 0.5) is 9.59 Å². The predicted octanol–water partition coefficient (Wildman–Crippen LogP) is -1.81. The lowest BCUT2D eigenvalue weighted by Crippen LogP contribution is -2.47. The highest BCUT2D eigenvalue weighted by atomic mass is 16.5. The van der Waals surface area contributed by atoms with Crippen molar-refractivity contribution in [2.75, 3.05) is 7.11 Å². The zero-order valence-corrected chi connectivity index (χ0v) is 4.63. The summed E-state index contributed by atoms with van der Waals surface area (Å²) in [6.07, 6.45) is -2.49. The fourth-order valence-corrected chi connectivity index (χ4v) is 0.153. The number of nitrogens with one attached hydrogen (secondary N) is 2. The summed E-state index contributed by atoms with van der Waals surface area (Å²) < 4.78 is 4.00. The van der Waals surface area contributed by atoms with E-state index in [1.807, 2.05) is 0 Å². The van der Waals surface area contributed by atoms with Crippen molar-refractivity contribution in [2.24, 2.45) is 0 Å². The SMILES string of the molecule is COC(=O)NNC(=O)[O-]. The van der Waals surface area contributed by atoms with Gasteiger partial charge in [0.25, 0.3) is 0 Å². The van der Waals surface area contributed by atoms with Crippen molar-refractivity contribution in [1.82, 2.24) is 10.9 Å². The van der Waals surface area contributed by atoms with E-state index in [1.165, 1.54) is 5.43 Å². The van der Waals surface area contributed by atoms with E-state index in [4.69, 9.17) is 0 Å². The van der Waals surface area contributed by atoms with Gasteiger partial charge in [0.1, 0.15) is 0 Å². The Kier molecular flexibility index (Phi) is 2.96. The molecule has 0 aliphatic rings. The fraction of sp³-hybridized carbons (Fsp3) is 0.333. The third kappa shape index (κ3) is 4.39. The average molecular weight is 133 g/mol. The maximum Gasteiger partial charge on any atom is 0.425 e. The highest BCUT2D eigenvalue weighted by Crippen LogP contribution is 1.63. The molecule has 6 nitrogen and oxygen atoms in total. The van der Waals surface area contributed by atoms with Crippen molar-refractivity contribution in [3.8, 4) is 0 Å². The van der Waals surface area contributed by atoms with E-state index in [1.54, 1.807) is 5.43 Å². The van der Waals surface area contributed by atoms with Crippen molar-refractivity contribution in [2.45, 2.75) is 0 Å². The quantitative estimate of drug-likeness (QED) is 0.381. The van der Waals surface area contributed by atoms with Gasteiger partial charge in [-0.15, -0.1) is 0 Å². The Bertz CT molecular complexity index is 123. The van der Waals surface area contributed by atoms with Gasteiger partial charge in [0.15, 0.2) is 6.09 Å². The van der Waals surface area contributed by atoms with Crippen LogP contribution in [0.15, 0.2) is 0 Å². The van der Waals surface area contributed by atoms with Crippen LogP contribution in [0.3, 0.4) is 0 Å². The van der Waals surface area contributed by atoms with E-state index in [2.05, 4.69) is 4.74 Å². The zero-order chi connectivity index (χ0) is 7.28. The van der Waals surface area contributed by atoms with E-state index < -0.39 is 12.2 Å². The Balaban J connectivity index is 3.28. The number of methoxy groups -OCH3 is 1. The number of carbonyl (C=O) groups excluding carboxylic acids is 2. The number of carbonyl (C=O) groups is 2. The zero-order valence-electron chi connectivity index (χ0n) is 4.63. The third-order valence-electron chi connectivity index (χ3n) is 0.452. The van der Waals surface area contributed by atoms with Crippen LogP contribution in [-0.2, 0) is 4.74 Å². The molecule has 0 spiro atoms. The molecule has 0 atom stereocenters. The second-order valence-electron chi connectivity index (χ2n) is 1.03. The van der Waals surface area contributed by atoms with Crippen LogP contribution < -0.4 is 16.0 Å². The molecule has 0 aromatic rings. The molecule has 6 heteroatoms. The lowest BCUT2D eigenvalue weighted by Gasteiger charge is -2.05. The van der Waals surface area contributed by atoms with Crippen molar-refractivity contribution >= 4 is 12.2 Å². The van der Waals surface area contributed by atoms with Gasteiger partial charge in [-0.1, -0.05) is 0 Å². The third-order valence-corrected chi connectivity index (χ3v) is 0.452. The van der Waals surface area contributed by atoms with E-state index >= 15 is 0 Å². The molecule has 0 bridgehead atoms. The molecule has 0 aromatic heterocycles. The Morgan fingerprint density at radius 3 is 2.33 bits per heavy atom. The monoisotopic (exact) mass is 133 g/mol. The van der Waals surface area contributed by atoms with E-state index in [0.29, 0.717) is 0 Å². The molecule has 0 aromatic carbocycles. The van der Waals surface area contributed by atoms with Gasteiger partial charge < -0.3 is 14.6 Å². The summed E-state index contributed by atoms with van der Waals surface area (Å²) >= 11 is 0. The summed E-state index contributed by atoms with van der Waals surface area (Å²) in [4.78, 5) is 19.6. The average Bonchev–Trinajstić information content (AvgIpc) is 1.83. The normalized spacial score (nSPS) is 7.67. The van der Waals surface area contributed by atoms with Gasteiger partial charge in [0.05, 0.1) is 7.11 Å². The first kappa shape index (κ1) is 7.54. The molecule has 0 rings (SSSR count). The molecule has 2 amide bonds. The van der Waals surface area contributed by atoms with Crippen LogP contribution >= 0.6 is 0 Å². The molecule has 0 unspecified atom stereocenters. The molecular formula is C3H5N2O4-. The van der Waals surface area contributed by atoms with Crippen LogP contribution in [0, 0.1) is 0 Å². The van der Waals surface area contributed by atoms with Crippen LogP contribution in [0.1, 0.15) is 0 Å². The van der Waals surface area contributed by atoms with Crippen LogP contribution in [0.25, 0.3) is 0 Å². The second-order valence-corrected chi connectivity index (χ2v) is 1.03. The predicted molar refractivity (Wildman–Crippen MR) is 24.1 cm³/mol. The lowest BCUT2D eigenvalue weighted by atomic mass is 11.1. The van der Waals surface area contributed by atoms with Crippen LogP contribution in [0.2, 0.25) is 0 Å². The molecule has 0 heterocycles. The number of ether oxygens (including phenoxy) is 1. The highest BCUT2D eigenvalue weighted by Gasteiger charge is 1.92. The van der Waals surface area contributed by atoms with Gasteiger partial charge in [0, 0.05) is 0 Å². The van der Waals surface area contributed by atoms with E-state index in [9.17, 15) is 14.7 Å². The summed E-state index contributed by atoms with van der Waals surface area (Å²) in [5, 5.41) is 9.53. The topological polar surface area (TPSA) is 90.5 Å². The number of hydrazine groups is 1. The minimum Gasteiger partial charge on any atom is -0.529 e. The van der Waals surface area contributed by atoms with Crippen LogP contribution in [0.5, 0.6) is 0 Å². The molecule has 9 heavy (non-hydrogen) atoms. The number of carboxylic acid groups (broad SMARTS) is 1. The maximum absolute atomic E-state index is 10.0. The van der Waals surface area contributed by atoms with E-state index in [0.717, 1.165) is 7.11 Å². The molecule has 0 fully saturated rings. The van der Waals surface area contributed by atoms with Crippen molar-refractivity contribution in [3.63, 3.8) is 0 Å². The number of amides is 2. The van der Waals surface area contributed by atoms with E-state index in [-0.39, 0.29) is 0 Å². The van der Waals surface area contributed by atoms with Gasteiger partial charge in [-0.25, -0.2) is 10.2 Å². The number of rotatable bonds is 0. The smallest absolute Gasteiger partial charge is 0.425 e. The summed E-state index contributed by atoms with van der Waals surface area (Å²) in [5.41, 5.74) is 3.14. The molecule has 0 saturated heterocycles. The Labute approximate surface area is 50.8 Å². The highest BCUT2D eigenvalue weighted by molar-refractivity contribution is 5.71. The standard InChI is InChI=1S/C3H6N2O4/c1-9-3(8)5-4-2(6)7/h4H,1H3,(H,5,8)(H,6,7)/p-1. The molecule has 0 aliphatic carbocycles. The molecule has 2 N–H and O–H groups in total. The van der Waals surface area contributed by atoms with Gasteiger partial charge >= 0.3 is 6.09 Å². The van der Waals surface area contributed by atoms with Gasteiger partial charge in [-0.2, -0.15) is 0 Å². The van der Waals surface area contributed by atoms with Crippen molar-refractivity contribution in [3.05, 3.63) is 0 Å². The summed E-state index contributed by atoms with van der Waals surface area (Å²) in [7, 11) is 1.10. The second kappa shape index (κ2) is 3.53. The number of hydrogen-bond donors (Lipinski definition) is 2. The molecule has 0 radical (unpaired) electrons. The molecule has 52 valence electrons. The number of hydrogen-bond acceptors (Lipinski definition) is 4. The first-order valence-corrected chi connectivity index (χ1v) is 1.97. The Morgan fingerprint density at radius 1 is 1.44 bits per heavy atom. The molecular weight excluding hydrogens is 128 g/mol. The van der Waals surface area contributed by atoms with Gasteiger partial charge in [-0.05, 0) is 0 Å². The van der Waals surface area contributed by atoms with Crippen molar-refractivity contribution in [1.29, 1.82) is 0 Å². The first-order valence-electron chi connectivity index (χ1n) is 1.97. The Morgan fingerprint density at radius 2 is 2.00 bits per heavy atom. The van der Waals surface area contributed by atoms with Gasteiger partial charge in [0.2, 0.25) is 0 Å². The molecule has 0 aliphatic heterocycles. The lowest BCUT2D eigenvalue weighted by molar-refractivity contribution is -0.251. The maximum atomic E-state index is 10.0. The molecule has 0 saturated carbocycles. The Hall–Kier alpha value is -1.46. The minimum atomic E-state index is -1.60. The first-order chi connectivity index (χ1) is 4.16. The van der Waals surface area contributed by atoms with Crippen molar-refractivity contribution < 1.29 is 19.4 Å². The summed E-state index contributed by atoms with van der Waals surface area (Å²) in [6.45, 7) is 0. The summed E-state index contributed by atoms with van der Waals surface area (Å²) in [6, 6.07) is 0. The minimum absolute atomic E-state index is 0.890. The summed E-state index contributed by atoms with van der Waals surface area (Å²) in [5.74, 6) is 0.